The summed E-state index contributed by atoms with van der Waals surface area (Å²) in [4.78, 5) is 45.7. The topological polar surface area (TPSA) is 134 Å². The van der Waals surface area contributed by atoms with E-state index in [0.717, 1.165) is 17.3 Å². The number of aromatic carboxylic acids is 1. The Morgan fingerprint density at radius 1 is 1.08 bits per heavy atom. The number of urea groups is 1. The number of fused-ring (bicyclic) bond motifs is 1. The highest BCUT2D eigenvalue weighted by Crippen LogP contribution is 2.35. The number of ether oxygens (including phenoxy) is 1. The van der Waals surface area contributed by atoms with E-state index in [1.807, 2.05) is 31.2 Å². The first kappa shape index (κ1) is 27.6. The minimum Gasteiger partial charge on any atom is -0.487 e. The third-order valence-corrected chi connectivity index (χ3v) is 6.51. The monoisotopic (exact) mass is 567 g/mol. The van der Waals surface area contributed by atoms with E-state index in [0.29, 0.717) is 27.5 Å². The lowest BCUT2D eigenvalue weighted by atomic mass is 10.1. The molecule has 4 rings (SSSR count). The van der Waals surface area contributed by atoms with Crippen molar-refractivity contribution in [3.63, 3.8) is 0 Å². The highest BCUT2D eigenvalue weighted by Gasteiger charge is 2.20. The molecule has 2 heterocycles. The first-order valence-corrected chi connectivity index (χ1v) is 12.4. The molecule has 0 saturated carbocycles. The summed E-state index contributed by atoms with van der Waals surface area (Å²) in [5.41, 5.74) is 2.49. The van der Waals surface area contributed by atoms with Crippen molar-refractivity contribution in [1.82, 2.24) is 15.3 Å². The molecule has 10 nitrogen and oxygen atoms in total. The molecule has 0 aliphatic carbocycles. The summed E-state index contributed by atoms with van der Waals surface area (Å²) < 4.78 is 6.03. The molecular weight excluding hydrogens is 545 g/mol. The maximum Gasteiger partial charge on any atom is 0.337 e. The van der Waals surface area contributed by atoms with Crippen LogP contribution in [0.1, 0.15) is 21.6 Å². The van der Waals surface area contributed by atoms with Crippen LogP contribution in [0.25, 0.3) is 10.9 Å². The normalized spacial score (nSPS) is 10.7. The molecule has 200 valence electrons. The van der Waals surface area contributed by atoms with E-state index in [9.17, 15) is 14.4 Å². The molecule has 4 aromatic rings. The maximum atomic E-state index is 12.8. The zero-order chi connectivity index (χ0) is 28.1. The van der Waals surface area contributed by atoms with Gasteiger partial charge in [0.2, 0.25) is 5.91 Å². The van der Waals surface area contributed by atoms with Crippen LogP contribution >= 0.6 is 23.2 Å². The zero-order valence-electron chi connectivity index (χ0n) is 20.9. The molecule has 3 N–H and O–H groups in total. The van der Waals surface area contributed by atoms with Gasteiger partial charge in [-0.2, -0.15) is 0 Å². The van der Waals surface area contributed by atoms with Gasteiger partial charge in [-0.15, -0.1) is 0 Å². The molecule has 0 radical (unpaired) electrons. The van der Waals surface area contributed by atoms with Crippen molar-refractivity contribution in [1.29, 1.82) is 0 Å². The summed E-state index contributed by atoms with van der Waals surface area (Å²) in [6, 6.07) is 13.2. The van der Waals surface area contributed by atoms with Gasteiger partial charge in [-0.25, -0.2) is 14.6 Å². The number of carboxylic acids is 1. The Bertz CT molecular complexity index is 1580. The molecule has 39 heavy (non-hydrogen) atoms. The molecule has 0 bridgehead atoms. The number of aromatic nitrogens is 2. The number of carbonyl (C=O) groups excluding carboxylic acids is 2. The van der Waals surface area contributed by atoms with Gasteiger partial charge in [0.25, 0.3) is 0 Å². The molecule has 12 heteroatoms. The van der Waals surface area contributed by atoms with E-state index in [4.69, 9.17) is 33.0 Å². The second kappa shape index (κ2) is 12.0. The van der Waals surface area contributed by atoms with Crippen LogP contribution in [0.5, 0.6) is 5.75 Å². The number of amides is 3. The minimum absolute atomic E-state index is 0.0341. The Balaban J connectivity index is 1.42. The Morgan fingerprint density at radius 3 is 2.64 bits per heavy atom. The van der Waals surface area contributed by atoms with Gasteiger partial charge in [-0.05, 0) is 37.3 Å². The molecule has 0 spiro atoms. The average molecular weight is 568 g/mol. The van der Waals surface area contributed by atoms with Gasteiger partial charge >= 0.3 is 12.0 Å². The third kappa shape index (κ3) is 6.54. The standard InChI is InChI=1S/C27H23Cl2N5O5/c1-15-6-7-16-4-3-5-22(25(16)32-15)39-14-19-20(28)8-9-21(24(19)29)34(2)23(35)13-31-27(38)33-18-10-17(26(36)37)11-30-12-18/h3-12H,13-14H2,1-2H3,(H,36,37)(H2,31,33,38). The SMILES string of the molecule is Cc1ccc2cccc(OCc3c(Cl)ccc(N(C)C(=O)CNC(=O)Nc4cncc(C(=O)O)c4)c3Cl)c2n1. The van der Waals surface area contributed by atoms with Crippen LogP contribution in [0, 0.1) is 6.92 Å². The number of anilines is 2. The molecule has 0 saturated heterocycles. The van der Waals surface area contributed by atoms with E-state index < -0.39 is 17.9 Å². The fraction of sp³-hybridized carbons (Fsp3) is 0.148. The van der Waals surface area contributed by atoms with Crippen molar-refractivity contribution in [3.05, 3.63) is 87.8 Å². The van der Waals surface area contributed by atoms with Crippen LogP contribution in [0.4, 0.5) is 16.2 Å². The van der Waals surface area contributed by atoms with Gasteiger partial charge in [0.1, 0.15) is 17.9 Å². The number of para-hydroxylation sites is 1. The van der Waals surface area contributed by atoms with Crippen LogP contribution in [-0.2, 0) is 11.4 Å². The molecule has 0 aliphatic rings. The van der Waals surface area contributed by atoms with Crippen LogP contribution in [0.3, 0.4) is 0 Å². The Labute approximate surface area is 233 Å². The summed E-state index contributed by atoms with van der Waals surface area (Å²) in [6.07, 6.45) is 2.44. The van der Waals surface area contributed by atoms with Crippen LogP contribution in [0.15, 0.2) is 60.9 Å². The Morgan fingerprint density at radius 2 is 1.87 bits per heavy atom. The van der Waals surface area contributed by atoms with Crippen LogP contribution in [0.2, 0.25) is 10.0 Å². The number of halogens is 2. The number of nitrogens with zero attached hydrogens (tertiary/aromatic N) is 3. The lowest BCUT2D eigenvalue weighted by Gasteiger charge is -2.21. The number of benzene rings is 2. The highest BCUT2D eigenvalue weighted by molar-refractivity contribution is 6.38. The maximum absolute atomic E-state index is 12.8. The smallest absolute Gasteiger partial charge is 0.337 e. The lowest BCUT2D eigenvalue weighted by molar-refractivity contribution is -0.117. The molecule has 0 atom stereocenters. The van der Waals surface area contributed by atoms with E-state index in [-0.39, 0.29) is 29.4 Å². The number of carboxylic acid groups (broad SMARTS) is 1. The van der Waals surface area contributed by atoms with E-state index >= 15 is 0 Å². The van der Waals surface area contributed by atoms with E-state index in [1.165, 1.54) is 24.2 Å². The summed E-state index contributed by atoms with van der Waals surface area (Å²) in [6.45, 7) is 1.57. The first-order chi connectivity index (χ1) is 18.6. The number of hydrogen-bond donors (Lipinski definition) is 3. The number of aryl methyl sites for hydroxylation is 1. The molecule has 0 unspecified atom stereocenters. The summed E-state index contributed by atoms with van der Waals surface area (Å²) >= 11 is 13.1. The highest BCUT2D eigenvalue weighted by atomic mass is 35.5. The molecule has 2 aromatic carbocycles. The number of nitrogens with one attached hydrogen (secondary N) is 2. The first-order valence-electron chi connectivity index (χ1n) is 11.6. The van der Waals surface area contributed by atoms with Crippen molar-refractivity contribution in [3.8, 4) is 5.75 Å². The second-order valence-electron chi connectivity index (χ2n) is 8.46. The van der Waals surface area contributed by atoms with Crippen molar-refractivity contribution >= 4 is 63.4 Å². The van der Waals surface area contributed by atoms with Gasteiger partial charge in [0, 0.05) is 34.9 Å². The van der Waals surface area contributed by atoms with Crippen molar-refractivity contribution < 1.29 is 24.2 Å². The average Bonchev–Trinajstić information content (AvgIpc) is 2.91. The van der Waals surface area contributed by atoms with Gasteiger partial charge in [-0.1, -0.05) is 41.4 Å². The molecule has 3 amide bonds. The molecule has 0 fully saturated rings. The number of hydrogen-bond acceptors (Lipinski definition) is 6. The predicted molar refractivity (Wildman–Crippen MR) is 149 cm³/mol. The fourth-order valence-electron chi connectivity index (χ4n) is 3.67. The summed E-state index contributed by atoms with van der Waals surface area (Å²) in [7, 11) is 1.51. The number of rotatable bonds is 8. The molecule has 2 aromatic heterocycles. The number of pyridine rings is 2. The summed E-state index contributed by atoms with van der Waals surface area (Å²) in [5.74, 6) is -1.08. The van der Waals surface area contributed by atoms with Crippen molar-refractivity contribution in [2.75, 3.05) is 23.8 Å². The Hall–Kier alpha value is -4.41. The van der Waals surface area contributed by atoms with Crippen molar-refractivity contribution in [2.24, 2.45) is 0 Å². The minimum atomic E-state index is -1.18. The van der Waals surface area contributed by atoms with Gasteiger partial charge < -0.3 is 25.4 Å². The van der Waals surface area contributed by atoms with Crippen LogP contribution in [-0.4, -0.2) is 46.6 Å². The largest absolute Gasteiger partial charge is 0.487 e. The molecular formula is C27H23Cl2N5O5. The van der Waals surface area contributed by atoms with E-state index in [2.05, 4.69) is 20.6 Å². The fourth-order valence-corrected chi connectivity index (χ4v) is 4.28. The third-order valence-electron chi connectivity index (χ3n) is 5.74. The van der Waals surface area contributed by atoms with Gasteiger partial charge in [-0.3, -0.25) is 9.78 Å². The lowest BCUT2D eigenvalue weighted by Crippen LogP contribution is -2.40. The van der Waals surface area contributed by atoms with Gasteiger partial charge in [0.15, 0.2) is 0 Å². The zero-order valence-corrected chi connectivity index (χ0v) is 22.4. The second-order valence-corrected chi connectivity index (χ2v) is 9.24. The van der Waals surface area contributed by atoms with E-state index in [1.54, 1.807) is 18.2 Å². The Kier molecular flexibility index (Phi) is 8.48. The quantitative estimate of drug-likeness (QED) is 0.262. The predicted octanol–water partition coefficient (Wildman–Crippen LogP) is 5.31. The molecule has 0 aliphatic heterocycles. The summed E-state index contributed by atoms with van der Waals surface area (Å²) in [5, 5.41) is 15.4. The van der Waals surface area contributed by atoms with Crippen LogP contribution < -0.4 is 20.3 Å². The van der Waals surface area contributed by atoms with Crippen molar-refractivity contribution in [2.45, 2.75) is 13.5 Å². The number of carbonyl (C=O) groups is 3. The number of likely N-dealkylation sites (N-methyl/N-ethyl adjacent to an activating group) is 1. The van der Waals surface area contributed by atoms with Gasteiger partial charge in [0.05, 0.1) is 34.7 Å².